The number of halogens is 1. The van der Waals surface area contributed by atoms with Crippen LogP contribution in [0.3, 0.4) is 0 Å². The maximum absolute atomic E-state index is 16.1. The lowest BCUT2D eigenvalue weighted by Gasteiger charge is -2.26. The van der Waals surface area contributed by atoms with Crippen LogP contribution in [-0.2, 0) is 28.1 Å². The molecule has 0 spiro atoms. The van der Waals surface area contributed by atoms with Crippen LogP contribution in [0.4, 0.5) is 19.8 Å². The minimum absolute atomic E-state index is 0.0181. The van der Waals surface area contributed by atoms with Crippen molar-refractivity contribution < 1.29 is 51.7 Å². The molecule has 16 nitrogen and oxygen atoms in total. The molecule has 1 fully saturated rings. The van der Waals surface area contributed by atoms with E-state index >= 15 is 4.39 Å². The Balaban J connectivity index is 1.88. The molecular formula is C27H37FN5O11PS. The zero-order valence-electron chi connectivity index (χ0n) is 26.2. The molecular weight excluding hydrogens is 652 g/mol. The average molecular weight is 690 g/mol. The quantitative estimate of drug-likeness (QED) is 0.219. The van der Waals surface area contributed by atoms with Gasteiger partial charge in [-0.25, -0.2) is 23.3 Å². The van der Waals surface area contributed by atoms with E-state index in [2.05, 4.69) is 20.4 Å². The van der Waals surface area contributed by atoms with E-state index in [0.717, 1.165) is 16.3 Å². The van der Waals surface area contributed by atoms with Gasteiger partial charge in [0.05, 0.1) is 18.1 Å². The van der Waals surface area contributed by atoms with Gasteiger partial charge in [-0.2, -0.15) is 10.1 Å². The monoisotopic (exact) mass is 689 g/mol. The van der Waals surface area contributed by atoms with Crippen molar-refractivity contribution in [2.24, 2.45) is 0 Å². The number of hydrogen-bond acceptors (Lipinski definition) is 13. The summed E-state index contributed by atoms with van der Waals surface area (Å²) in [7, 11) is -4.47. The molecule has 1 aliphatic rings. The van der Waals surface area contributed by atoms with Crippen molar-refractivity contribution in [3.05, 3.63) is 47.3 Å². The molecule has 1 aliphatic heterocycles. The zero-order chi connectivity index (χ0) is 34.4. The molecule has 0 aromatic carbocycles. The second kappa shape index (κ2) is 14.8. The van der Waals surface area contributed by atoms with Crippen molar-refractivity contribution in [3.63, 3.8) is 0 Å². The standard InChI is InChI=1S/C27H37FN5O11PS/c1-15(22(34)35)32-45(39,44-16-9-8-11-29-13-16)40-14-17-20(41-25(38)43-27(5,6)7)19(28)21(46-17)33-12-10-18(30-23(33)36)31-24(37)42-26(2,3)4/h8-13,15,17,19-21H,14H2,1-7H3,(H,32,39)(H,34,35)(H,30,31,36,37)/t15?,17-,19+,20-,21-,45?/m1/s1. The number of rotatable bonds is 11. The number of hydrogen-bond donors (Lipinski definition) is 3. The van der Waals surface area contributed by atoms with E-state index in [4.69, 9.17) is 23.3 Å². The average Bonchev–Trinajstić information content (AvgIpc) is 3.20. The third-order valence-electron chi connectivity index (χ3n) is 5.61. The fraction of sp³-hybridized carbons (Fsp3) is 0.556. The number of carboxylic acid groups (broad SMARTS) is 1. The first-order chi connectivity index (χ1) is 21.2. The van der Waals surface area contributed by atoms with Gasteiger partial charge in [0.2, 0.25) is 0 Å². The van der Waals surface area contributed by atoms with Gasteiger partial charge in [0.1, 0.15) is 34.2 Å². The third kappa shape index (κ3) is 11.0. The molecule has 2 aromatic heterocycles. The Morgan fingerprint density at radius 2 is 1.83 bits per heavy atom. The summed E-state index contributed by atoms with van der Waals surface area (Å²) in [6.07, 6.45) is -1.87. The smallest absolute Gasteiger partial charge is 0.480 e. The van der Waals surface area contributed by atoms with E-state index in [1.807, 2.05) is 0 Å². The summed E-state index contributed by atoms with van der Waals surface area (Å²) in [6, 6.07) is 2.74. The molecule has 3 rings (SSSR count). The lowest BCUT2D eigenvalue weighted by molar-refractivity contribution is -0.138. The predicted octanol–water partition coefficient (Wildman–Crippen LogP) is 4.52. The van der Waals surface area contributed by atoms with Crippen LogP contribution in [-0.4, -0.2) is 79.2 Å². The van der Waals surface area contributed by atoms with Gasteiger partial charge in [0, 0.05) is 12.4 Å². The third-order valence-corrected chi connectivity index (χ3v) is 8.78. The highest BCUT2D eigenvalue weighted by molar-refractivity contribution is 8.00. The molecule has 0 radical (unpaired) electrons. The molecule has 254 valence electrons. The highest BCUT2D eigenvalue weighted by atomic mass is 32.2. The number of carbonyl (C=O) groups excluding carboxylic acids is 2. The lowest BCUT2D eigenvalue weighted by Crippen LogP contribution is -2.39. The van der Waals surface area contributed by atoms with Gasteiger partial charge in [-0.05, 0) is 66.7 Å². The van der Waals surface area contributed by atoms with E-state index in [9.17, 15) is 28.8 Å². The van der Waals surface area contributed by atoms with E-state index in [0.29, 0.717) is 0 Å². The maximum atomic E-state index is 16.1. The number of thioether (sulfide) groups is 1. The number of carbonyl (C=O) groups is 3. The van der Waals surface area contributed by atoms with Crippen LogP contribution in [0.15, 0.2) is 41.6 Å². The Morgan fingerprint density at radius 3 is 2.39 bits per heavy atom. The van der Waals surface area contributed by atoms with E-state index in [1.165, 1.54) is 43.7 Å². The SMILES string of the molecule is CC(NP(=O)(OC[C@H]1S[C@@H](n2ccc(NC(=O)OC(C)(C)C)nc2=O)[C@@H](F)[C@@H]1OC(=O)OC(C)(C)C)Oc1cccnc1)C(=O)O. The number of ether oxygens (including phenoxy) is 3. The lowest BCUT2D eigenvalue weighted by atomic mass is 10.1. The van der Waals surface area contributed by atoms with Crippen LogP contribution in [0.2, 0.25) is 0 Å². The second-order valence-electron chi connectivity index (χ2n) is 11.9. The molecule has 19 heteroatoms. The van der Waals surface area contributed by atoms with Crippen molar-refractivity contribution in [3.8, 4) is 5.75 Å². The normalized spacial score (nSPS) is 21.8. The van der Waals surface area contributed by atoms with Crippen LogP contribution in [0.5, 0.6) is 5.75 Å². The van der Waals surface area contributed by atoms with Crippen molar-refractivity contribution in [1.29, 1.82) is 0 Å². The summed E-state index contributed by atoms with van der Waals surface area (Å²) in [4.78, 5) is 56.7. The Hall–Kier alpha value is -3.73. The fourth-order valence-corrected chi connectivity index (χ4v) is 6.83. The van der Waals surface area contributed by atoms with Crippen LogP contribution in [0.25, 0.3) is 0 Å². The molecule has 1 amide bonds. The van der Waals surface area contributed by atoms with Crippen LogP contribution in [0, 0.1) is 0 Å². The van der Waals surface area contributed by atoms with Gasteiger partial charge in [-0.15, -0.1) is 11.8 Å². The summed E-state index contributed by atoms with van der Waals surface area (Å²) in [6.45, 7) is 10.3. The fourth-order valence-electron chi connectivity index (χ4n) is 3.76. The van der Waals surface area contributed by atoms with Gasteiger partial charge in [-0.1, -0.05) is 0 Å². The number of carboxylic acids is 1. The summed E-state index contributed by atoms with van der Waals surface area (Å²) in [5.74, 6) is -1.53. The number of amides is 1. The highest BCUT2D eigenvalue weighted by Gasteiger charge is 2.50. The molecule has 2 aromatic rings. The summed E-state index contributed by atoms with van der Waals surface area (Å²) >= 11 is 0.799. The van der Waals surface area contributed by atoms with E-state index in [-0.39, 0.29) is 11.6 Å². The summed E-state index contributed by atoms with van der Waals surface area (Å²) in [5, 5.41) is 11.5. The second-order valence-corrected chi connectivity index (χ2v) is 15.0. The van der Waals surface area contributed by atoms with E-state index < -0.39 is 78.4 Å². The molecule has 3 heterocycles. The molecule has 0 aliphatic carbocycles. The number of aliphatic carboxylic acids is 1. The molecule has 0 saturated carbocycles. The molecule has 2 unspecified atom stereocenters. The first-order valence-corrected chi connectivity index (χ1v) is 16.4. The Bertz CT molecular complexity index is 1500. The van der Waals surface area contributed by atoms with Gasteiger partial charge in [-0.3, -0.25) is 24.2 Å². The van der Waals surface area contributed by atoms with Gasteiger partial charge < -0.3 is 23.8 Å². The van der Waals surface area contributed by atoms with Gasteiger partial charge >= 0.3 is 31.7 Å². The highest BCUT2D eigenvalue weighted by Crippen LogP contribution is 2.49. The maximum Gasteiger partial charge on any atom is 0.509 e. The molecule has 6 atom stereocenters. The first kappa shape index (κ1) is 36.7. The molecule has 3 N–H and O–H groups in total. The van der Waals surface area contributed by atoms with Crippen LogP contribution < -0.4 is 20.6 Å². The van der Waals surface area contributed by atoms with Crippen LogP contribution >= 0.6 is 19.5 Å². The number of alkyl halides is 1. The van der Waals surface area contributed by atoms with Gasteiger partial charge in [0.15, 0.2) is 12.3 Å². The van der Waals surface area contributed by atoms with Crippen LogP contribution in [0.1, 0.15) is 53.8 Å². The zero-order valence-corrected chi connectivity index (χ0v) is 27.9. The number of nitrogens with zero attached hydrogens (tertiary/aromatic N) is 3. The van der Waals surface area contributed by atoms with E-state index in [1.54, 1.807) is 41.5 Å². The van der Waals surface area contributed by atoms with Crippen molar-refractivity contribution in [2.45, 2.75) is 88.6 Å². The number of nitrogens with one attached hydrogen (secondary N) is 2. The molecule has 0 bridgehead atoms. The number of anilines is 1. The Labute approximate surface area is 268 Å². The van der Waals surface area contributed by atoms with Gasteiger partial charge in [0.25, 0.3) is 0 Å². The molecule has 1 saturated heterocycles. The van der Waals surface area contributed by atoms with Crippen molar-refractivity contribution in [1.82, 2.24) is 19.6 Å². The Morgan fingerprint density at radius 1 is 1.15 bits per heavy atom. The number of pyridine rings is 1. The summed E-state index contributed by atoms with van der Waals surface area (Å²) in [5.41, 5.74) is -2.74. The van der Waals surface area contributed by atoms with Crippen molar-refractivity contribution in [2.75, 3.05) is 11.9 Å². The molecule has 46 heavy (non-hydrogen) atoms. The predicted molar refractivity (Wildman–Crippen MR) is 163 cm³/mol. The minimum atomic E-state index is -4.47. The Kier molecular flexibility index (Phi) is 11.8. The number of aromatic nitrogens is 3. The summed E-state index contributed by atoms with van der Waals surface area (Å²) < 4.78 is 57.3. The topological polar surface area (TPSA) is 206 Å². The first-order valence-electron chi connectivity index (χ1n) is 13.9. The van der Waals surface area contributed by atoms with Crippen molar-refractivity contribution >= 4 is 43.5 Å². The minimum Gasteiger partial charge on any atom is -0.480 e. The largest absolute Gasteiger partial charge is 0.509 e.